The predicted molar refractivity (Wildman–Crippen MR) is 214 cm³/mol. The van der Waals surface area contributed by atoms with Gasteiger partial charge in [0.05, 0.1) is 17.9 Å². The van der Waals surface area contributed by atoms with Gasteiger partial charge in [0.1, 0.15) is 70.1 Å². The number of phenolic OH excluding ortho intramolecular Hbond substituents is 12. The van der Waals surface area contributed by atoms with Crippen molar-refractivity contribution in [1.82, 2.24) is 0 Å². The Balaban J connectivity index is 1.31. The average Bonchev–Trinajstić information content (AvgIpc) is 3.22. The molecule has 8 atom stereocenters. The first-order chi connectivity index (χ1) is 29.9. The number of aliphatic hydroxyl groups is 3. The van der Waals surface area contributed by atoms with Crippen LogP contribution in [0.1, 0.15) is 74.7 Å². The van der Waals surface area contributed by atoms with Gasteiger partial charge in [0.25, 0.3) is 0 Å². The highest BCUT2D eigenvalue weighted by atomic mass is 16.5. The van der Waals surface area contributed by atoms with E-state index in [1.165, 1.54) is 18.2 Å². The number of fused-ring (bicyclic) bond motifs is 3. The summed E-state index contributed by atoms with van der Waals surface area (Å²) in [7, 11) is 0. The maximum atomic E-state index is 12.5. The fraction of sp³-hybridized carbons (Fsp3) is 0.200. The van der Waals surface area contributed by atoms with Crippen molar-refractivity contribution in [1.29, 1.82) is 0 Å². The Hall–Kier alpha value is -7.80. The summed E-state index contributed by atoms with van der Waals surface area (Å²) in [6.45, 7) is 0. The zero-order valence-corrected chi connectivity index (χ0v) is 32.3. The molecule has 0 radical (unpaired) electrons. The van der Waals surface area contributed by atoms with Gasteiger partial charge < -0.3 is 90.8 Å². The zero-order chi connectivity index (χ0) is 44.9. The highest BCUT2D eigenvalue weighted by Crippen LogP contribution is 2.62. The molecule has 0 amide bonds. The van der Waals surface area contributed by atoms with E-state index < -0.39 is 123 Å². The van der Waals surface area contributed by atoms with Crippen molar-refractivity contribution >= 4 is 0 Å². The number of aliphatic hydroxyl groups excluding tert-OH is 3. The molecule has 3 aliphatic heterocycles. The van der Waals surface area contributed by atoms with Crippen molar-refractivity contribution in [2.75, 3.05) is 0 Å². The third-order valence-corrected chi connectivity index (χ3v) is 11.8. The Morgan fingerprint density at radius 2 is 0.778 bits per heavy atom. The van der Waals surface area contributed by atoms with Crippen LogP contribution in [0.2, 0.25) is 0 Å². The summed E-state index contributed by atoms with van der Waals surface area (Å²) < 4.78 is 18.9. The quantitative estimate of drug-likeness (QED) is 0.106. The fourth-order valence-electron chi connectivity index (χ4n) is 8.94. The van der Waals surface area contributed by atoms with Gasteiger partial charge in [0.15, 0.2) is 46.7 Å². The van der Waals surface area contributed by atoms with Crippen LogP contribution in [0.25, 0.3) is 0 Å². The first-order valence-corrected chi connectivity index (χ1v) is 19.3. The zero-order valence-electron chi connectivity index (χ0n) is 32.3. The van der Waals surface area contributed by atoms with Crippen LogP contribution in [0.5, 0.6) is 86.2 Å². The Bertz CT molecular complexity index is 2840. The SMILES string of the molecule is Oc1cc(O)c2c(c1)O[C@H](c1ccc(O)c(O)c1)[C@@H](O)[C@@H]2c1c(O)cc(O)c2c1O[C@H](c1ccc(O)c(O)c1)[C@@H](O)[C@@H]2c1c(O)cc(O)c2c1O[C@H](c1ccc(O)c(O)c1)[C@H](O)C2. The van der Waals surface area contributed by atoms with Crippen LogP contribution in [0.3, 0.4) is 0 Å². The molecule has 0 aliphatic carbocycles. The van der Waals surface area contributed by atoms with Gasteiger partial charge in [-0.2, -0.15) is 0 Å². The van der Waals surface area contributed by atoms with E-state index in [-0.39, 0.29) is 62.4 Å². The van der Waals surface area contributed by atoms with E-state index in [2.05, 4.69) is 0 Å². The fourth-order valence-corrected chi connectivity index (χ4v) is 8.94. The summed E-state index contributed by atoms with van der Waals surface area (Å²) in [4.78, 5) is 0. The number of aromatic hydroxyl groups is 12. The number of benzene rings is 6. The van der Waals surface area contributed by atoms with Gasteiger partial charge in [0, 0.05) is 58.5 Å². The summed E-state index contributed by atoms with van der Waals surface area (Å²) in [6, 6.07) is 14.4. The number of phenols is 12. The van der Waals surface area contributed by atoms with E-state index in [0.717, 1.165) is 60.7 Å². The van der Waals surface area contributed by atoms with Crippen LogP contribution in [0.4, 0.5) is 0 Å². The molecule has 63 heavy (non-hydrogen) atoms. The van der Waals surface area contributed by atoms with E-state index in [1.807, 2.05) is 0 Å². The number of ether oxygens (including phenoxy) is 3. The maximum Gasteiger partial charge on any atom is 0.157 e. The van der Waals surface area contributed by atoms with Crippen molar-refractivity contribution in [2.24, 2.45) is 0 Å². The van der Waals surface area contributed by atoms with Gasteiger partial charge in [-0.1, -0.05) is 18.2 Å². The molecule has 0 spiro atoms. The molecule has 3 heterocycles. The smallest absolute Gasteiger partial charge is 0.157 e. The molecule has 9 rings (SSSR count). The number of hydrogen-bond donors (Lipinski definition) is 15. The summed E-state index contributed by atoms with van der Waals surface area (Å²) in [5, 5.41) is 166. The minimum Gasteiger partial charge on any atom is -0.508 e. The molecule has 6 aromatic carbocycles. The Morgan fingerprint density at radius 3 is 1.29 bits per heavy atom. The normalized spacial score (nSPS) is 23.6. The topological polar surface area (TPSA) is 331 Å². The molecular formula is C45H38O18. The largest absolute Gasteiger partial charge is 0.508 e. The molecule has 0 saturated carbocycles. The highest BCUT2D eigenvalue weighted by molar-refractivity contribution is 5.70. The molecule has 0 aromatic heterocycles. The molecule has 18 heteroatoms. The Labute approximate surface area is 354 Å². The maximum absolute atomic E-state index is 12.5. The molecule has 3 aliphatic rings. The summed E-state index contributed by atoms with van der Waals surface area (Å²) >= 11 is 0. The predicted octanol–water partition coefficient (Wildman–Crippen LogP) is 4.44. The number of rotatable bonds is 5. The lowest BCUT2D eigenvalue weighted by Crippen LogP contribution is -2.39. The third-order valence-electron chi connectivity index (χ3n) is 11.8. The molecule has 6 aromatic rings. The van der Waals surface area contributed by atoms with Crippen LogP contribution in [0, 0.1) is 0 Å². The van der Waals surface area contributed by atoms with E-state index in [4.69, 9.17) is 14.2 Å². The minimum atomic E-state index is -1.90. The standard InChI is InChI=1S/C45H38O18/c46-18-10-27(54)33-32(11-18)61-42(16-2-5-21(48)25(52)8-16)39(59)37(33)35-29(56)14-30(57)36-38(40(60)43(63-45(35)36)17-3-6-22(49)26(53)9-17)34-28(55)13-23(50)19-12-31(58)41(62-44(19)34)15-1-4-20(47)24(51)7-15/h1-11,13-14,31,37-43,46-60H,12H2/t31-,37+,38-,39+,40+,41-,42-,43-/m1/s1. The highest BCUT2D eigenvalue weighted by Gasteiger charge is 2.51. The van der Waals surface area contributed by atoms with E-state index in [1.54, 1.807) is 0 Å². The summed E-state index contributed by atoms with van der Waals surface area (Å²) in [5.74, 6) is -11.5. The van der Waals surface area contributed by atoms with Gasteiger partial charge >= 0.3 is 0 Å². The van der Waals surface area contributed by atoms with Crippen LogP contribution < -0.4 is 14.2 Å². The van der Waals surface area contributed by atoms with Crippen molar-refractivity contribution in [3.63, 3.8) is 0 Å². The lowest BCUT2D eigenvalue weighted by Gasteiger charge is -2.43. The third kappa shape index (κ3) is 6.46. The van der Waals surface area contributed by atoms with E-state index in [9.17, 15) is 76.6 Å². The number of hydrogen-bond acceptors (Lipinski definition) is 18. The molecule has 0 bridgehead atoms. The molecule has 326 valence electrons. The van der Waals surface area contributed by atoms with Gasteiger partial charge in [-0.3, -0.25) is 0 Å². The average molecular weight is 867 g/mol. The minimum absolute atomic E-state index is 0.0127. The van der Waals surface area contributed by atoms with Gasteiger partial charge in [-0.15, -0.1) is 0 Å². The first-order valence-electron chi connectivity index (χ1n) is 19.3. The van der Waals surface area contributed by atoms with E-state index in [0.29, 0.717) is 0 Å². The second-order valence-electron chi connectivity index (χ2n) is 15.7. The summed E-state index contributed by atoms with van der Waals surface area (Å²) in [5.41, 5.74) is -1.10. The van der Waals surface area contributed by atoms with Crippen molar-refractivity contribution in [3.8, 4) is 86.2 Å². The first kappa shape index (κ1) is 40.6. The lowest BCUT2D eigenvalue weighted by molar-refractivity contribution is -0.00562. The lowest BCUT2D eigenvalue weighted by atomic mass is 9.73. The van der Waals surface area contributed by atoms with Crippen LogP contribution in [0.15, 0.2) is 78.9 Å². The Morgan fingerprint density at radius 1 is 0.365 bits per heavy atom. The van der Waals surface area contributed by atoms with Gasteiger partial charge in [-0.25, -0.2) is 0 Å². The second-order valence-corrected chi connectivity index (χ2v) is 15.7. The van der Waals surface area contributed by atoms with Gasteiger partial charge in [0.2, 0.25) is 0 Å². The van der Waals surface area contributed by atoms with Crippen LogP contribution in [-0.2, 0) is 6.42 Å². The molecule has 18 nitrogen and oxygen atoms in total. The van der Waals surface area contributed by atoms with Crippen molar-refractivity contribution < 1.29 is 90.8 Å². The summed E-state index contributed by atoms with van der Waals surface area (Å²) in [6.07, 6.45) is -9.93. The van der Waals surface area contributed by atoms with Crippen LogP contribution in [-0.4, -0.2) is 94.9 Å². The van der Waals surface area contributed by atoms with Gasteiger partial charge in [-0.05, 0) is 53.1 Å². The van der Waals surface area contributed by atoms with Crippen molar-refractivity contribution in [3.05, 3.63) is 123 Å². The molecule has 0 fully saturated rings. The second kappa shape index (κ2) is 14.7. The van der Waals surface area contributed by atoms with E-state index >= 15 is 0 Å². The monoisotopic (exact) mass is 866 g/mol. The molecular weight excluding hydrogens is 828 g/mol. The Kier molecular flexibility index (Phi) is 9.46. The van der Waals surface area contributed by atoms with Crippen molar-refractivity contribution in [2.45, 2.75) is 54.9 Å². The molecule has 0 unspecified atom stereocenters. The molecule has 0 saturated heterocycles. The molecule has 15 N–H and O–H groups in total. The van der Waals surface area contributed by atoms with Crippen LogP contribution >= 0.6 is 0 Å².